The molecule has 0 fully saturated rings. The monoisotopic (exact) mass is 405 g/mol. The first-order valence-corrected chi connectivity index (χ1v) is 10.2. The maximum Gasteiger partial charge on any atom is 0.350 e. The van der Waals surface area contributed by atoms with Gasteiger partial charge in [0.05, 0.1) is 19.9 Å². The van der Waals surface area contributed by atoms with Crippen LogP contribution in [0, 0.1) is 13.8 Å². The average molecular weight is 405 g/mol. The lowest BCUT2D eigenvalue weighted by Crippen LogP contribution is -2.32. The molecule has 0 unspecified atom stereocenters. The van der Waals surface area contributed by atoms with Crippen LogP contribution in [-0.2, 0) is 6.42 Å². The third-order valence-electron chi connectivity index (χ3n) is 5.87. The van der Waals surface area contributed by atoms with Crippen molar-refractivity contribution in [2.45, 2.75) is 39.7 Å². The molecule has 0 bridgehead atoms. The number of nitrogens with zero attached hydrogens (tertiary/aromatic N) is 2. The summed E-state index contributed by atoms with van der Waals surface area (Å²) >= 11 is 0. The lowest BCUT2D eigenvalue weighted by atomic mass is 9.91. The second-order valence-corrected chi connectivity index (χ2v) is 7.70. The van der Waals surface area contributed by atoms with Crippen molar-refractivity contribution >= 4 is 11.5 Å². The van der Waals surface area contributed by atoms with Gasteiger partial charge in [0, 0.05) is 23.4 Å². The van der Waals surface area contributed by atoms with Crippen LogP contribution in [0.5, 0.6) is 11.5 Å². The summed E-state index contributed by atoms with van der Waals surface area (Å²) in [6.07, 6.45) is 1.59. The summed E-state index contributed by atoms with van der Waals surface area (Å²) in [7, 11) is 3.26. The lowest BCUT2D eigenvalue weighted by Gasteiger charge is -2.30. The van der Waals surface area contributed by atoms with E-state index in [1.165, 1.54) is 0 Å². The highest BCUT2D eigenvalue weighted by Crippen LogP contribution is 2.41. The molecule has 0 saturated carbocycles. The van der Waals surface area contributed by atoms with Gasteiger partial charge in [0.25, 0.3) is 0 Å². The molecule has 30 heavy (non-hydrogen) atoms. The molecule has 1 aliphatic heterocycles. The first kappa shape index (κ1) is 20.0. The molecule has 4 rings (SSSR count). The van der Waals surface area contributed by atoms with Gasteiger partial charge in [-0.1, -0.05) is 25.1 Å². The van der Waals surface area contributed by atoms with Crippen molar-refractivity contribution in [2.75, 3.05) is 19.5 Å². The third-order valence-corrected chi connectivity index (χ3v) is 5.87. The van der Waals surface area contributed by atoms with E-state index in [2.05, 4.69) is 17.2 Å². The van der Waals surface area contributed by atoms with Crippen LogP contribution >= 0.6 is 0 Å². The third kappa shape index (κ3) is 3.32. The van der Waals surface area contributed by atoms with Crippen molar-refractivity contribution in [2.24, 2.45) is 0 Å². The first-order chi connectivity index (χ1) is 14.5. The fourth-order valence-electron chi connectivity index (χ4n) is 4.26. The number of ether oxygens (including phenoxy) is 2. The van der Waals surface area contributed by atoms with Crippen LogP contribution in [0.1, 0.15) is 36.1 Å². The number of benzene rings is 2. The van der Waals surface area contributed by atoms with Crippen LogP contribution in [0.3, 0.4) is 0 Å². The van der Waals surface area contributed by atoms with Gasteiger partial charge in [0.2, 0.25) is 0 Å². The second kappa shape index (κ2) is 7.86. The van der Waals surface area contributed by atoms with E-state index >= 15 is 0 Å². The number of para-hydroxylation sites is 1. The Morgan fingerprint density at radius 3 is 2.40 bits per heavy atom. The van der Waals surface area contributed by atoms with E-state index < -0.39 is 0 Å². The number of rotatable bonds is 5. The number of aryl methyl sites for hydroxylation is 2. The van der Waals surface area contributed by atoms with Crippen LogP contribution in [0.2, 0.25) is 0 Å². The van der Waals surface area contributed by atoms with E-state index in [0.29, 0.717) is 17.3 Å². The molecule has 1 atom stereocenters. The average Bonchev–Trinajstić information content (AvgIpc) is 2.74. The molecule has 0 radical (unpaired) electrons. The Morgan fingerprint density at radius 2 is 1.77 bits per heavy atom. The Kier molecular flexibility index (Phi) is 5.24. The minimum absolute atomic E-state index is 0.0554. The van der Waals surface area contributed by atoms with Crippen molar-refractivity contribution in [1.82, 2.24) is 9.55 Å². The van der Waals surface area contributed by atoms with Crippen LogP contribution in [0.15, 0.2) is 41.2 Å². The van der Waals surface area contributed by atoms with Gasteiger partial charge in [-0.15, -0.1) is 0 Å². The molecule has 156 valence electrons. The maximum absolute atomic E-state index is 13.1. The molecule has 0 saturated heterocycles. The van der Waals surface area contributed by atoms with Gasteiger partial charge < -0.3 is 14.8 Å². The van der Waals surface area contributed by atoms with Crippen LogP contribution in [0.4, 0.5) is 11.5 Å². The fraction of sp³-hybridized carbons (Fsp3) is 0.333. The Bertz CT molecular complexity index is 1150. The lowest BCUT2D eigenvalue weighted by molar-refractivity contribution is 0.353. The number of hydrogen-bond acceptors (Lipinski definition) is 5. The van der Waals surface area contributed by atoms with Crippen molar-refractivity contribution < 1.29 is 9.47 Å². The maximum atomic E-state index is 13.1. The number of fused-ring (bicyclic) bond motifs is 3. The molecule has 1 aliphatic rings. The summed E-state index contributed by atoms with van der Waals surface area (Å²) in [6, 6.07) is 12.1. The van der Waals surface area contributed by atoms with Crippen molar-refractivity contribution in [1.29, 1.82) is 0 Å². The van der Waals surface area contributed by atoms with E-state index in [-0.39, 0.29) is 11.7 Å². The molecule has 0 aliphatic carbocycles. The Morgan fingerprint density at radius 1 is 1.10 bits per heavy atom. The van der Waals surface area contributed by atoms with Gasteiger partial charge in [0.1, 0.15) is 5.82 Å². The highest BCUT2D eigenvalue weighted by Gasteiger charge is 2.27. The van der Waals surface area contributed by atoms with E-state index in [1.807, 2.05) is 54.8 Å². The number of nitrogens with one attached hydrogen (secondary N) is 1. The zero-order valence-corrected chi connectivity index (χ0v) is 18.1. The molecule has 0 amide bonds. The molecule has 2 aromatic carbocycles. The first-order valence-electron chi connectivity index (χ1n) is 10.2. The number of methoxy groups -OCH3 is 2. The van der Waals surface area contributed by atoms with Crippen molar-refractivity contribution in [3.8, 4) is 22.8 Å². The summed E-state index contributed by atoms with van der Waals surface area (Å²) in [4.78, 5) is 17.4. The number of anilines is 2. The van der Waals surface area contributed by atoms with E-state index in [9.17, 15) is 4.79 Å². The highest BCUT2D eigenvalue weighted by atomic mass is 16.5. The molecule has 3 aromatic rings. The van der Waals surface area contributed by atoms with Crippen LogP contribution < -0.4 is 20.5 Å². The van der Waals surface area contributed by atoms with E-state index in [0.717, 1.165) is 46.5 Å². The van der Waals surface area contributed by atoms with Crippen molar-refractivity contribution in [3.63, 3.8) is 0 Å². The smallest absolute Gasteiger partial charge is 0.350 e. The van der Waals surface area contributed by atoms with Gasteiger partial charge >= 0.3 is 5.69 Å². The van der Waals surface area contributed by atoms with Gasteiger partial charge in [-0.05, 0) is 55.5 Å². The fourth-order valence-corrected chi connectivity index (χ4v) is 4.26. The second-order valence-electron chi connectivity index (χ2n) is 7.70. The predicted octanol–water partition coefficient (Wildman–Crippen LogP) is 4.80. The summed E-state index contributed by atoms with van der Waals surface area (Å²) in [5, 5.41) is 3.37. The van der Waals surface area contributed by atoms with Gasteiger partial charge in [0.15, 0.2) is 11.5 Å². The number of hydrogen-bond donors (Lipinski definition) is 1. The summed E-state index contributed by atoms with van der Waals surface area (Å²) in [6.45, 7) is 6.18. The van der Waals surface area contributed by atoms with Crippen LogP contribution in [0.25, 0.3) is 11.3 Å². The van der Waals surface area contributed by atoms with Crippen LogP contribution in [-0.4, -0.2) is 23.8 Å². The largest absolute Gasteiger partial charge is 0.493 e. The Balaban J connectivity index is 1.90. The normalized spacial score (nSPS) is 14.6. The molecule has 1 N–H and O–H groups in total. The molecule has 0 spiro atoms. The van der Waals surface area contributed by atoms with Crippen molar-refractivity contribution in [3.05, 3.63) is 63.6 Å². The molecule has 6 nitrogen and oxygen atoms in total. The predicted molar refractivity (Wildman–Crippen MR) is 119 cm³/mol. The summed E-state index contributed by atoms with van der Waals surface area (Å²) < 4.78 is 12.8. The topological polar surface area (TPSA) is 65.4 Å². The van der Waals surface area contributed by atoms with E-state index in [4.69, 9.17) is 9.47 Å². The highest BCUT2D eigenvalue weighted by molar-refractivity contribution is 5.74. The zero-order chi connectivity index (χ0) is 21.4. The standard InChI is InChI=1S/C24H27N3O3/c1-6-17-10-16-11-20(29-4)21(30-5)12-18(16)19-13-22(26-24(28)27(17)19)25-23-14(2)8-7-9-15(23)3/h7-9,11-13,17H,6,10H2,1-5H3,(H,25,26,28)/t17-/m0/s1. The molecular formula is C24H27N3O3. The molecule has 6 heteroatoms. The quantitative estimate of drug-likeness (QED) is 0.661. The Hall–Kier alpha value is -3.28. The van der Waals surface area contributed by atoms with Gasteiger partial charge in [-0.25, -0.2) is 4.79 Å². The zero-order valence-electron chi connectivity index (χ0n) is 18.1. The van der Waals surface area contributed by atoms with Gasteiger partial charge in [-0.2, -0.15) is 4.98 Å². The minimum atomic E-state index is -0.242. The Labute approximate surface area is 176 Å². The summed E-state index contributed by atoms with van der Waals surface area (Å²) in [5.41, 5.74) is 5.90. The SMILES string of the molecule is CC[C@H]1Cc2cc(OC)c(OC)cc2-c2cc(Nc3c(C)cccc3C)nc(=O)n21. The van der Waals surface area contributed by atoms with E-state index in [1.54, 1.807) is 14.2 Å². The summed E-state index contributed by atoms with van der Waals surface area (Å²) in [5.74, 6) is 1.89. The minimum Gasteiger partial charge on any atom is -0.493 e. The molecular weight excluding hydrogens is 378 g/mol. The molecule has 1 aromatic heterocycles. The number of aromatic nitrogens is 2. The van der Waals surface area contributed by atoms with Gasteiger partial charge in [-0.3, -0.25) is 4.57 Å². The molecule has 2 heterocycles.